The zero-order valence-electron chi connectivity index (χ0n) is 10.9. The molecule has 1 heterocycles. The Bertz CT molecular complexity index is 493. The van der Waals surface area contributed by atoms with Crippen LogP contribution in [0.3, 0.4) is 0 Å². The molecule has 1 spiro atoms. The van der Waals surface area contributed by atoms with Crippen molar-refractivity contribution in [1.29, 1.82) is 0 Å². The van der Waals surface area contributed by atoms with E-state index in [9.17, 15) is 13.2 Å². The zero-order chi connectivity index (χ0) is 14.2. The van der Waals surface area contributed by atoms with E-state index in [-0.39, 0.29) is 11.7 Å². The van der Waals surface area contributed by atoms with Gasteiger partial charge in [0.15, 0.2) is 17.4 Å². The van der Waals surface area contributed by atoms with Crippen molar-refractivity contribution in [2.45, 2.75) is 37.5 Å². The summed E-state index contributed by atoms with van der Waals surface area (Å²) in [6.07, 6.45) is 2.91. The Morgan fingerprint density at radius 2 is 1.55 bits per heavy atom. The van der Waals surface area contributed by atoms with Crippen molar-refractivity contribution in [3.63, 3.8) is 0 Å². The Kier molecular flexibility index (Phi) is 3.60. The molecule has 3 nitrogen and oxygen atoms in total. The summed E-state index contributed by atoms with van der Waals surface area (Å²) >= 11 is 0. The van der Waals surface area contributed by atoms with Crippen LogP contribution in [-0.4, -0.2) is 25.0 Å². The second kappa shape index (κ2) is 5.26. The molecular weight excluding hydrogens is 271 g/mol. The number of halogens is 3. The second-order valence-electron chi connectivity index (χ2n) is 5.27. The number of nitrogens with one attached hydrogen (secondary N) is 1. The van der Waals surface area contributed by atoms with Gasteiger partial charge in [-0.3, -0.25) is 0 Å². The number of benzene rings is 1. The van der Waals surface area contributed by atoms with Crippen LogP contribution < -0.4 is 5.32 Å². The fourth-order valence-corrected chi connectivity index (χ4v) is 2.84. The summed E-state index contributed by atoms with van der Waals surface area (Å²) in [6, 6.07) is 1.43. The Morgan fingerprint density at radius 3 is 2.20 bits per heavy atom. The van der Waals surface area contributed by atoms with Gasteiger partial charge in [-0.2, -0.15) is 0 Å². The van der Waals surface area contributed by atoms with Crippen LogP contribution in [0.2, 0.25) is 0 Å². The van der Waals surface area contributed by atoms with Gasteiger partial charge in [0.05, 0.1) is 18.9 Å². The molecule has 2 aliphatic rings. The highest BCUT2D eigenvalue weighted by atomic mass is 19.2. The Balaban J connectivity index is 1.63. The number of anilines is 1. The molecule has 1 aliphatic heterocycles. The maximum Gasteiger partial charge on any atom is 0.168 e. The van der Waals surface area contributed by atoms with E-state index in [1.165, 1.54) is 0 Å². The Labute approximate surface area is 115 Å². The van der Waals surface area contributed by atoms with Gasteiger partial charge in [0.25, 0.3) is 0 Å². The van der Waals surface area contributed by atoms with E-state index in [1.807, 2.05) is 0 Å². The third-order valence-electron chi connectivity index (χ3n) is 3.93. The summed E-state index contributed by atoms with van der Waals surface area (Å²) in [5.41, 5.74) is -0.00175. The molecule has 1 aliphatic carbocycles. The molecule has 1 N–H and O–H groups in total. The molecule has 1 aromatic rings. The highest BCUT2D eigenvalue weighted by Gasteiger charge is 2.40. The molecule has 20 heavy (non-hydrogen) atoms. The molecule has 1 saturated carbocycles. The minimum atomic E-state index is -1.18. The predicted molar refractivity (Wildman–Crippen MR) is 66.8 cm³/mol. The minimum Gasteiger partial charge on any atom is -0.380 e. The quantitative estimate of drug-likeness (QED) is 0.847. The van der Waals surface area contributed by atoms with Gasteiger partial charge in [-0.05, 0) is 12.8 Å². The first-order valence-corrected chi connectivity index (χ1v) is 6.77. The average Bonchev–Trinajstić information content (AvgIpc) is 2.87. The van der Waals surface area contributed by atoms with E-state index in [4.69, 9.17) is 9.47 Å². The van der Waals surface area contributed by atoms with Crippen LogP contribution in [0.25, 0.3) is 0 Å². The first-order chi connectivity index (χ1) is 9.58. The number of hydrogen-bond donors (Lipinski definition) is 1. The standard InChI is InChI=1S/C14H16F3NO2/c15-10-7-12(17)13(8-11(10)16)18-9-1-3-14(4-2-9)19-5-6-20-14/h7-9,18H,1-6H2. The van der Waals surface area contributed by atoms with Gasteiger partial charge >= 0.3 is 0 Å². The highest BCUT2D eigenvalue weighted by molar-refractivity contribution is 5.46. The van der Waals surface area contributed by atoms with Crippen molar-refractivity contribution < 1.29 is 22.6 Å². The Hall–Kier alpha value is -1.27. The van der Waals surface area contributed by atoms with Gasteiger partial charge in [0, 0.05) is 31.0 Å². The van der Waals surface area contributed by atoms with Crippen molar-refractivity contribution in [2.75, 3.05) is 18.5 Å². The molecule has 0 bridgehead atoms. The topological polar surface area (TPSA) is 30.5 Å². The molecule has 6 heteroatoms. The van der Waals surface area contributed by atoms with E-state index in [1.54, 1.807) is 0 Å². The van der Waals surface area contributed by atoms with Gasteiger partial charge in [0.2, 0.25) is 0 Å². The second-order valence-corrected chi connectivity index (χ2v) is 5.27. The van der Waals surface area contributed by atoms with Crippen molar-refractivity contribution >= 4 is 5.69 Å². The lowest BCUT2D eigenvalue weighted by Gasteiger charge is -2.36. The van der Waals surface area contributed by atoms with Crippen molar-refractivity contribution in [2.24, 2.45) is 0 Å². The SMILES string of the molecule is Fc1cc(F)c(NC2CCC3(CC2)OCCO3)cc1F. The summed E-state index contributed by atoms with van der Waals surface area (Å²) in [7, 11) is 0. The number of rotatable bonds is 2. The fraction of sp³-hybridized carbons (Fsp3) is 0.571. The van der Waals surface area contributed by atoms with E-state index in [0.717, 1.165) is 31.7 Å². The summed E-state index contributed by atoms with van der Waals surface area (Å²) in [5, 5.41) is 2.93. The molecule has 1 aromatic carbocycles. The molecule has 0 atom stereocenters. The molecule has 0 amide bonds. The molecule has 2 fully saturated rings. The highest BCUT2D eigenvalue weighted by Crippen LogP contribution is 2.36. The van der Waals surface area contributed by atoms with Gasteiger partial charge in [-0.1, -0.05) is 0 Å². The maximum absolute atomic E-state index is 13.6. The molecule has 0 radical (unpaired) electrons. The largest absolute Gasteiger partial charge is 0.380 e. The monoisotopic (exact) mass is 287 g/mol. The van der Waals surface area contributed by atoms with Crippen molar-refractivity contribution in [1.82, 2.24) is 0 Å². The van der Waals surface area contributed by atoms with Gasteiger partial charge in [-0.25, -0.2) is 13.2 Å². The predicted octanol–water partition coefficient (Wildman–Crippen LogP) is 3.20. The van der Waals surface area contributed by atoms with Gasteiger partial charge < -0.3 is 14.8 Å². The van der Waals surface area contributed by atoms with Crippen LogP contribution in [0.1, 0.15) is 25.7 Å². The third kappa shape index (κ3) is 2.62. The normalized spacial score (nSPS) is 22.4. The average molecular weight is 287 g/mol. The van der Waals surface area contributed by atoms with Crippen LogP contribution in [0.4, 0.5) is 18.9 Å². The van der Waals surface area contributed by atoms with Crippen LogP contribution in [0.5, 0.6) is 0 Å². The van der Waals surface area contributed by atoms with E-state index in [2.05, 4.69) is 5.32 Å². The van der Waals surface area contributed by atoms with Crippen molar-refractivity contribution in [3.05, 3.63) is 29.6 Å². The molecule has 0 unspecified atom stereocenters. The molecule has 110 valence electrons. The number of hydrogen-bond acceptors (Lipinski definition) is 3. The molecule has 0 aromatic heterocycles. The summed E-state index contributed by atoms with van der Waals surface area (Å²) < 4.78 is 50.8. The molecule has 3 rings (SSSR count). The van der Waals surface area contributed by atoms with Gasteiger partial charge in [0.1, 0.15) is 5.82 Å². The van der Waals surface area contributed by atoms with Crippen LogP contribution in [0, 0.1) is 17.5 Å². The zero-order valence-corrected chi connectivity index (χ0v) is 10.9. The summed E-state index contributed by atoms with van der Waals surface area (Å²) in [4.78, 5) is 0. The Morgan fingerprint density at radius 1 is 0.950 bits per heavy atom. The molecular formula is C14H16F3NO2. The third-order valence-corrected chi connectivity index (χ3v) is 3.93. The lowest BCUT2D eigenvalue weighted by Crippen LogP contribution is -2.39. The first-order valence-electron chi connectivity index (χ1n) is 6.77. The fourth-order valence-electron chi connectivity index (χ4n) is 2.84. The van der Waals surface area contributed by atoms with Crippen molar-refractivity contribution in [3.8, 4) is 0 Å². The summed E-state index contributed by atoms with van der Waals surface area (Å²) in [6.45, 7) is 1.21. The first kappa shape index (κ1) is 13.7. The van der Waals surface area contributed by atoms with E-state index in [0.29, 0.717) is 19.3 Å². The van der Waals surface area contributed by atoms with E-state index >= 15 is 0 Å². The minimum absolute atomic E-state index is 0.00175. The summed E-state index contributed by atoms with van der Waals surface area (Å²) in [5.74, 6) is -3.49. The molecule has 1 saturated heterocycles. The number of ether oxygens (including phenoxy) is 2. The van der Waals surface area contributed by atoms with Crippen LogP contribution in [-0.2, 0) is 9.47 Å². The lowest BCUT2D eigenvalue weighted by molar-refractivity contribution is -0.177. The smallest absolute Gasteiger partial charge is 0.168 e. The maximum atomic E-state index is 13.6. The van der Waals surface area contributed by atoms with Crippen LogP contribution >= 0.6 is 0 Å². The van der Waals surface area contributed by atoms with Gasteiger partial charge in [-0.15, -0.1) is 0 Å². The van der Waals surface area contributed by atoms with E-state index < -0.39 is 23.2 Å². The van der Waals surface area contributed by atoms with Crippen LogP contribution in [0.15, 0.2) is 12.1 Å². The lowest BCUT2D eigenvalue weighted by atomic mass is 9.90.